The molecular formula is C6H13NO. The molecule has 1 aliphatic rings. The number of hydrogen-bond donors (Lipinski definition) is 1. The molecule has 1 aliphatic heterocycles. The summed E-state index contributed by atoms with van der Waals surface area (Å²) in [5, 5.41) is 3.22. The normalized spacial score (nSPS) is 35.6. The van der Waals surface area contributed by atoms with Crippen molar-refractivity contribution >= 4 is 0 Å². The number of rotatable bonds is 0. The van der Waals surface area contributed by atoms with Crippen LogP contribution in [0.4, 0.5) is 0 Å². The van der Waals surface area contributed by atoms with E-state index in [1.807, 2.05) is 13.8 Å². The topological polar surface area (TPSA) is 21.3 Å². The first-order valence-corrected chi connectivity index (χ1v) is 3.03. The molecule has 0 aromatic carbocycles. The van der Waals surface area contributed by atoms with Gasteiger partial charge in [0, 0.05) is 6.54 Å². The van der Waals surface area contributed by atoms with Crippen LogP contribution in [0.5, 0.6) is 0 Å². The van der Waals surface area contributed by atoms with E-state index in [9.17, 15) is 0 Å². The number of nitrogens with one attached hydrogen (secondary N) is 1. The molecule has 0 amide bonds. The highest BCUT2D eigenvalue weighted by atomic mass is 16.5. The van der Waals surface area contributed by atoms with E-state index in [0.29, 0.717) is 6.10 Å². The quantitative estimate of drug-likeness (QED) is 0.502. The standard InChI is InChI=1S/C6H13NO/c1-5-4-7-6(2,3)8-5/h5,7H,4H2,1-3H3/t5-/m0/s1. The average Bonchev–Trinajstić information content (AvgIpc) is 1.82. The highest BCUT2D eigenvalue weighted by Crippen LogP contribution is 2.13. The average molecular weight is 115 g/mol. The van der Waals surface area contributed by atoms with Crippen LogP contribution in [-0.2, 0) is 4.74 Å². The molecular weight excluding hydrogens is 102 g/mol. The van der Waals surface area contributed by atoms with Crippen LogP contribution in [-0.4, -0.2) is 18.4 Å². The summed E-state index contributed by atoms with van der Waals surface area (Å²) in [5.41, 5.74) is -0.0839. The van der Waals surface area contributed by atoms with E-state index in [1.165, 1.54) is 0 Å². The van der Waals surface area contributed by atoms with Crippen molar-refractivity contribution < 1.29 is 4.74 Å². The van der Waals surface area contributed by atoms with Gasteiger partial charge in [0.25, 0.3) is 0 Å². The van der Waals surface area contributed by atoms with Gasteiger partial charge in [0.2, 0.25) is 0 Å². The molecule has 0 aliphatic carbocycles. The van der Waals surface area contributed by atoms with E-state index < -0.39 is 0 Å². The summed E-state index contributed by atoms with van der Waals surface area (Å²) in [6.45, 7) is 7.13. The minimum atomic E-state index is -0.0839. The zero-order chi connectivity index (χ0) is 6.20. The largest absolute Gasteiger partial charge is 0.357 e. The first-order chi connectivity index (χ1) is 3.60. The van der Waals surface area contributed by atoms with E-state index in [4.69, 9.17) is 4.74 Å². The molecule has 2 nitrogen and oxygen atoms in total. The van der Waals surface area contributed by atoms with Gasteiger partial charge < -0.3 is 4.74 Å². The van der Waals surface area contributed by atoms with Gasteiger partial charge in [0.15, 0.2) is 0 Å². The highest BCUT2D eigenvalue weighted by Gasteiger charge is 2.27. The summed E-state index contributed by atoms with van der Waals surface area (Å²) in [7, 11) is 0. The molecule has 48 valence electrons. The molecule has 0 saturated carbocycles. The molecule has 1 fully saturated rings. The molecule has 0 aromatic rings. The van der Waals surface area contributed by atoms with Gasteiger partial charge in [0.05, 0.1) is 6.10 Å². The number of hydrogen-bond acceptors (Lipinski definition) is 2. The van der Waals surface area contributed by atoms with Crippen molar-refractivity contribution in [2.75, 3.05) is 6.54 Å². The Balaban J connectivity index is 2.44. The lowest BCUT2D eigenvalue weighted by Crippen LogP contribution is -2.33. The Morgan fingerprint density at radius 3 is 2.38 bits per heavy atom. The first kappa shape index (κ1) is 6.05. The maximum absolute atomic E-state index is 5.44. The molecule has 1 N–H and O–H groups in total. The molecule has 1 saturated heterocycles. The Morgan fingerprint density at radius 2 is 2.25 bits per heavy atom. The monoisotopic (exact) mass is 115 g/mol. The fraction of sp³-hybridized carbons (Fsp3) is 1.00. The predicted molar refractivity (Wildman–Crippen MR) is 32.6 cm³/mol. The van der Waals surface area contributed by atoms with Crippen LogP contribution in [0.2, 0.25) is 0 Å². The van der Waals surface area contributed by atoms with Gasteiger partial charge >= 0.3 is 0 Å². The Bertz CT molecular complexity index is 90.5. The van der Waals surface area contributed by atoms with Gasteiger partial charge in [-0.1, -0.05) is 0 Å². The van der Waals surface area contributed by atoms with Crippen LogP contribution in [0.1, 0.15) is 20.8 Å². The summed E-state index contributed by atoms with van der Waals surface area (Å²) in [5.74, 6) is 0. The fourth-order valence-corrected chi connectivity index (χ4v) is 0.976. The van der Waals surface area contributed by atoms with Crippen molar-refractivity contribution in [3.8, 4) is 0 Å². The van der Waals surface area contributed by atoms with E-state index in [-0.39, 0.29) is 5.72 Å². The summed E-state index contributed by atoms with van der Waals surface area (Å²) < 4.78 is 5.44. The van der Waals surface area contributed by atoms with Crippen molar-refractivity contribution in [2.24, 2.45) is 0 Å². The lowest BCUT2D eigenvalue weighted by molar-refractivity contribution is -0.0153. The minimum absolute atomic E-state index is 0.0839. The van der Waals surface area contributed by atoms with Gasteiger partial charge in [-0.3, -0.25) is 5.32 Å². The zero-order valence-electron chi connectivity index (χ0n) is 5.69. The van der Waals surface area contributed by atoms with Crippen molar-refractivity contribution in [2.45, 2.75) is 32.6 Å². The second-order valence-electron chi connectivity index (χ2n) is 2.82. The SMILES string of the molecule is C[C@H]1CNC(C)(C)O1. The maximum atomic E-state index is 5.44. The number of ether oxygens (including phenoxy) is 1. The molecule has 8 heavy (non-hydrogen) atoms. The molecule has 0 radical (unpaired) electrons. The van der Waals surface area contributed by atoms with Gasteiger partial charge in [-0.05, 0) is 20.8 Å². The molecule has 1 atom stereocenters. The third-order valence-corrected chi connectivity index (χ3v) is 1.31. The molecule has 2 heteroatoms. The summed E-state index contributed by atoms with van der Waals surface area (Å²) in [6, 6.07) is 0. The van der Waals surface area contributed by atoms with E-state index in [1.54, 1.807) is 0 Å². The Hall–Kier alpha value is -0.0800. The van der Waals surface area contributed by atoms with Gasteiger partial charge in [-0.25, -0.2) is 0 Å². The van der Waals surface area contributed by atoms with Crippen LogP contribution < -0.4 is 5.32 Å². The summed E-state index contributed by atoms with van der Waals surface area (Å²) >= 11 is 0. The fourth-order valence-electron chi connectivity index (χ4n) is 0.976. The van der Waals surface area contributed by atoms with Crippen molar-refractivity contribution in [1.29, 1.82) is 0 Å². The lowest BCUT2D eigenvalue weighted by atomic mass is 10.3. The second kappa shape index (κ2) is 1.71. The van der Waals surface area contributed by atoms with Crippen LogP contribution in [0.15, 0.2) is 0 Å². The second-order valence-corrected chi connectivity index (χ2v) is 2.82. The smallest absolute Gasteiger partial charge is 0.114 e. The Morgan fingerprint density at radius 1 is 1.62 bits per heavy atom. The molecule has 0 spiro atoms. The van der Waals surface area contributed by atoms with Crippen molar-refractivity contribution in [3.05, 3.63) is 0 Å². The Labute approximate surface area is 50.2 Å². The van der Waals surface area contributed by atoms with E-state index in [2.05, 4.69) is 12.2 Å². The molecule has 0 aromatic heterocycles. The lowest BCUT2D eigenvalue weighted by Gasteiger charge is -2.16. The third-order valence-electron chi connectivity index (χ3n) is 1.31. The maximum Gasteiger partial charge on any atom is 0.114 e. The Kier molecular flexibility index (Phi) is 1.29. The molecule has 0 unspecified atom stereocenters. The van der Waals surface area contributed by atoms with Gasteiger partial charge in [-0.2, -0.15) is 0 Å². The molecule has 1 rings (SSSR count). The zero-order valence-corrected chi connectivity index (χ0v) is 5.69. The first-order valence-electron chi connectivity index (χ1n) is 3.03. The minimum Gasteiger partial charge on any atom is -0.357 e. The molecule has 1 heterocycles. The third kappa shape index (κ3) is 1.20. The van der Waals surface area contributed by atoms with Crippen LogP contribution >= 0.6 is 0 Å². The van der Waals surface area contributed by atoms with Gasteiger partial charge in [-0.15, -0.1) is 0 Å². The predicted octanol–water partition coefficient (Wildman–Crippen LogP) is 0.731. The van der Waals surface area contributed by atoms with Crippen LogP contribution in [0.3, 0.4) is 0 Å². The van der Waals surface area contributed by atoms with Gasteiger partial charge in [0.1, 0.15) is 5.72 Å². The van der Waals surface area contributed by atoms with Crippen LogP contribution in [0, 0.1) is 0 Å². The summed E-state index contributed by atoms with van der Waals surface area (Å²) in [4.78, 5) is 0. The van der Waals surface area contributed by atoms with Crippen LogP contribution in [0.25, 0.3) is 0 Å². The van der Waals surface area contributed by atoms with E-state index >= 15 is 0 Å². The van der Waals surface area contributed by atoms with Crippen molar-refractivity contribution in [1.82, 2.24) is 5.32 Å². The van der Waals surface area contributed by atoms with Crippen molar-refractivity contribution in [3.63, 3.8) is 0 Å². The highest BCUT2D eigenvalue weighted by molar-refractivity contribution is 4.76. The van der Waals surface area contributed by atoms with E-state index in [0.717, 1.165) is 6.54 Å². The molecule has 0 bridgehead atoms. The summed E-state index contributed by atoms with van der Waals surface area (Å²) in [6.07, 6.45) is 0.380.